The van der Waals surface area contributed by atoms with E-state index in [0.717, 1.165) is 44.4 Å². The van der Waals surface area contributed by atoms with Gasteiger partial charge in [0.15, 0.2) is 6.61 Å². The second-order valence-electron chi connectivity index (χ2n) is 9.50. The van der Waals surface area contributed by atoms with Crippen LogP contribution in [-0.4, -0.2) is 36.4 Å². The molecule has 5 heteroatoms. The zero-order valence-corrected chi connectivity index (χ0v) is 15.0. The van der Waals surface area contributed by atoms with Crippen LogP contribution in [0.3, 0.4) is 0 Å². The summed E-state index contributed by atoms with van der Waals surface area (Å²) in [5.74, 6) is 2.15. The van der Waals surface area contributed by atoms with E-state index < -0.39 is 0 Å². The number of allylic oxidation sites excluding steroid dienone is 2. The van der Waals surface area contributed by atoms with Gasteiger partial charge in [-0.3, -0.25) is 4.79 Å². The van der Waals surface area contributed by atoms with Crippen LogP contribution in [-0.2, 0) is 23.8 Å². The van der Waals surface area contributed by atoms with Crippen LogP contribution < -0.4 is 0 Å². The van der Waals surface area contributed by atoms with Crippen LogP contribution in [0.15, 0.2) is 12.2 Å². The van der Waals surface area contributed by atoms with Crippen molar-refractivity contribution in [1.82, 2.24) is 0 Å². The van der Waals surface area contributed by atoms with Gasteiger partial charge in [-0.15, -0.1) is 0 Å². The second-order valence-corrected chi connectivity index (χ2v) is 9.50. The maximum Gasteiger partial charge on any atom is 0.344 e. The molecule has 2 aliphatic heterocycles. The summed E-state index contributed by atoms with van der Waals surface area (Å²) in [6, 6.07) is 0. The zero-order chi connectivity index (χ0) is 17.5. The predicted molar refractivity (Wildman–Crippen MR) is 90.8 cm³/mol. The fraction of sp³-hybridized carbons (Fsp3) is 0.810. The van der Waals surface area contributed by atoms with E-state index in [1.807, 2.05) is 0 Å². The van der Waals surface area contributed by atoms with Crippen molar-refractivity contribution in [2.75, 3.05) is 6.61 Å². The van der Waals surface area contributed by atoms with E-state index in [-0.39, 0.29) is 42.3 Å². The molecule has 0 N–H and O–H groups in total. The number of carbonyl (C=O) groups excluding carboxylic acids is 2. The molecule has 3 saturated carbocycles. The molecule has 5 nitrogen and oxygen atoms in total. The molecule has 140 valence electrons. The third kappa shape index (κ3) is 2.12. The molecule has 26 heavy (non-hydrogen) atoms. The monoisotopic (exact) mass is 358 g/mol. The van der Waals surface area contributed by atoms with E-state index in [4.69, 9.17) is 14.2 Å². The number of esters is 2. The summed E-state index contributed by atoms with van der Waals surface area (Å²) in [5, 5.41) is 0. The smallest absolute Gasteiger partial charge is 0.344 e. The molecule has 6 aliphatic rings. The third-order valence-corrected chi connectivity index (χ3v) is 8.25. The van der Waals surface area contributed by atoms with Gasteiger partial charge in [0.25, 0.3) is 0 Å². The van der Waals surface area contributed by atoms with Crippen molar-refractivity contribution < 1.29 is 23.8 Å². The van der Waals surface area contributed by atoms with Crippen molar-refractivity contribution in [3.8, 4) is 0 Å². The van der Waals surface area contributed by atoms with Crippen molar-refractivity contribution in [3.63, 3.8) is 0 Å². The summed E-state index contributed by atoms with van der Waals surface area (Å²) < 4.78 is 17.2. The summed E-state index contributed by atoms with van der Waals surface area (Å²) in [6.45, 7) is -0.251. The number of fused-ring (bicyclic) bond motifs is 11. The standard InChI is InChI=1S/C21H26O5/c22-16(26-21-5-3-11(9-21)4-6-21)10-24-20(23)14-8-15-17-12-1-2-13(7-12)18(17)19(14)25-15/h1-2,11-15,17-19H,3-10H2. The average Bonchev–Trinajstić information content (AvgIpc) is 3.45. The fourth-order valence-corrected chi connectivity index (χ4v) is 7.25. The Bertz CT molecular complexity index is 676. The highest BCUT2D eigenvalue weighted by molar-refractivity contribution is 5.79. The molecule has 0 radical (unpaired) electrons. The van der Waals surface area contributed by atoms with Gasteiger partial charge in [-0.2, -0.15) is 0 Å². The van der Waals surface area contributed by atoms with Crippen molar-refractivity contribution in [2.45, 2.75) is 62.8 Å². The lowest BCUT2D eigenvalue weighted by Gasteiger charge is -2.32. The minimum Gasteiger partial charge on any atom is -0.457 e. The van der Waals surface area contributed by atoms with Gasteiger partial charge in [0, 0.05) is 0 Å². The molecular weight excluding hydrogens is 332 g/mol. The number of rotatable bonds is 4. The lowest BCUT2D eigenvalue weighted by Crippen LogP contribution is -2.40. The quantitative estimate of drug-likeness (QED) is 0.571. The van der Waals surface area contributed by atoms with Crippen molar-refractivity contribution in [3.05, 3.63) is 12.2 Å². The minimum atomic E-state index is -0.384. The highest BCUT2D eigenvalue weighted by Crippen LogP contribution is 2.61. The van der Waals surface area contributed by atoms with Gasteiger partial charge >= 0.3 is 11.9 Å². The molecular formula is C21H26O5. The van der Waals surface area contributed by atoms with Gasteiger partial charge in [-0.05, 0) is 74.5 Å². The number of hydrogen-bond donors (Lipinski definition) is 0. The SMILES string of the molecule is O=C(COC(=O)C1CC2OC1C1C3C=CC(C3)C21)OC12CCC(CC1)C2. The Morgan fingerprint density at radius 2 is 1.85 bits per heavy atom. The molecule has 5 fully saturated rings. The number of carbonyl (C=O) groups is 2. The molecule has 2 heterocycles. The van der Waals surface area contributed by atoms with Crippen LogP contribution in [0.1, 0.15) is 44.9 Å². The van der Waals surface area contributed by atoms with E-state index in [9.17, 15) is 9.59 Å². The van der Waals surface area contributed by atoms with E-state index in [1.165, 1.54) is 6.42 Å². The molecule has 2 saturated heterocycles. The number of ether oxygens (including phenoxy) is 3. The Morgan fingerprint density at radius 3 is 2.58 bits per heavy atom. The molecule has 0 aromatic carbocycles. The first-order valence-electron chi connectivity index (χ1n) is 10.3. The lowest BCUT2D eigenvalue weighted by atomic mass is 9.69. The third-order valence-electron chi connectivity index (χ3n) is 8.25. The van der Waals surface area contributed by atoms with E-state index in [1.54, 1.807) is 0 Å². The molecule has 6 bridgehead atoms. The molecule has 6 rings (SSSR count). The second kappa shape index (κ2) is 5.34. The predicted octanol–water partition coefficient (Wildman–Crippen LogP) is 2.63. The Labute approximate surface area is 153 Å². The Hall–Kier alpha value is -1.36. The van der Waals surface area contributed by atoms with Crippen LogP contribution in [0.25, 0.3) is 0 Å². The highest BCUT2D eigenvalue weighted by atomic mass is 16.6. The first-order chi connectivity index (χ1) is 12.6. The van der Waals surface area contributed by atoms with Crippen molar-refractivity contribution >= 4 is 11.9 Å². The van der Waals surface area contributed by atoms with Gasteiger partial charge < -0.3 is 14.2 Å². The highest BCUT2D eigenvalue weighted by Gasteiger charge is 2.64. The van der Waals surface area contributed by atoms with Crippen molar-refractivity contribution in [2.24, 2.45) is 35.5 Å². The number of hydrogen-bond acceptors (Lipinski definition) is 5. The van der Waals surface area contributed by atoms with Crippen LogP contribution in [0.2, 0.25) is 0 Å². The van der Waals surface area contributed by atoms with Crippen LogP contribution in [0, 0.1) is 35.5 Å². The molecule has 0 spiro atoms. The summed E-state index contributed by atoms with van der Waals surface area (Å²) in [7, 11) is 0. The normalized spacial score (nSPS) is 51.8. The minimum absolute atomic E-state index is 0.0162. The van der Waals surface area contributed by atoms with Crippen LogP contribution in [0.5, 0.6) is 0 Å². The van der Waals surface area contributed by atoms with E-state index >= 15 is 0 Å². The topological polar surface area (TPSA) is 61.8 Å². The summed E-state index contributed by atoms with van der Waals surface area (Å²) in [4.78, 5) is 24.8. The van der Waals surface area contributed by atoms with Gasteiger partial charge in [0.2, 0.25) is 0 Å². The maximum atomic E-state index is 12.6. The fourth-order valence-electron chi connectivity index (χ4n) is 7.25. The first kappa shape index (κ1) is 15.7. The maximum absolute atomic E-state index is 12.6. The Morgan fingerprint density at radius 1 is 1.08 bits per heavy atom. The molecule has 0 aromatic heterocycles. The molecule has 7 atom stereocenters. The van der Waals surface area contributed by atoms with Crippen LogP contribution >= 0.6 is 0 Å². The Kier molecular flexibility index (Phi) is 3.22. The first-order valence-corrected chi connectivity index (χ1v) is 10.3. The average molecular weight is 358 g/mol. The van der Waals surface area contributed by atoms with Gasteiger partial charge in [-0.25, -0.2) is 4.79 Å². The van der Waals surface area contributed by atoms with E-state index in [0.29, 0.717) is 23.7 Å². The summed E-state index contributed by atoms with van der Waals surface area (Å²) >= 11 is 0. The molecule has 0 aromatic rings. The molecule has 0 amide bonds. The molecule has 4 aliphatic carbocycles. The Balaban J connectivity index is 1.06. The van der Waals surface area contributed by atoms with Gasteiger partial charge in [-0.1, -0.05) is 12.2 Å². The van der Waals surface area contributed by atoms with Crippen molar-refractivity contribution in [1.29, 1.82) is 0 Å². The summed E-state index contributed by atoms with van der Waals surface area (Å²) in [5.41, 5.74) is -0.258. The van der Waals surface area contributed by atoms with Crippen LogP contribution in [0.4, 0.5) is 0 Å². The lowest BCUT2D eigenvalue weighted by molar-refractivity contribution is -0.172. The van der Waals surface area contributed by atoms with Gasteiger partial charge in [0.05, 0.1) is 18.1 Å². The zero-order valence-electron chi connectivity index (χ0n) is 15.0. The van der Waals surface area contributed by atoms with E-state index in [2.05, 4.69) is 12.2 Å². The van der Waals surface area contributed by atoms with Gasteiger partial charge in [0.1, 0.15) is 5.60 Å². The summed E-state index contributed by atoms with van der Waals surface area (Å²) in [6.07, 6.45) is 12.1. The largest absolute Gasteiger partial charge is 0.457 e. The molecule has 7 unspecified atom stereocenters.